The van der Waals surface area contributed by atoms with Crippen molar-refractivity contribution in [3.8, 4) is 0 Å². The molecule has 2 aliphatic rings. The summed E-state index contributed by atoms with van der Waals surface area (Å²) in [5.74, 6) is 0.434. The normalized spacial score (nSPS) is 32.2. The highest BCUT2D eigenvalue weighted by atomic mass is 16.6. The molecule has 0 aromatic carbocycles. The van der Waals surface area contributed by atoms with E-state index in [2.05, 4.69) is 0 Å². The first-order valence-electron chi connectivity index (χ1n) is 6.92. The average molecular weight is 255 g/mol. The summed E-state index contributed by atoms with van der Waals surface area (Å²) in [7, 11) is 0. The molecule has 0 aromatic heterocycles. The van der Waals surface area contributed by atoms with Gasteiger partial charge in [0.05, 0.1) is 0 Å². The zero-order valence-electron chi connectivity index (χ0n) is 11.7. The molecule has 1 N–H and O–H groups in total. The molecular weight excluding hydrogens is 230 g/mol. The first-order valence-corrected chi connectivity index (χ1v) is 6.92. The third-order valence-corrected chi connectivity index (χ3v) is 4.15. The molecule has 2 rings (SSSR count). The van der Waals surface area contributed by atoms with Crippen molar-refractivity contribution in [2.24, 2.45) is 11.3 Å². The van der Waals surface area contributed by atoms with Gasteiger partial charge < -0.3 is 14.7 Å². The predicted octanol–water partition coefficient (Wildman–Crippen LogP) is 2.41. The number of aliphatic hydroxyl groups excluding tert-OH is 1. The van der Waals surface area contributed by atoms with Crippen molar-refractivity contribution in [3.63, 3.8) is 0 Å². The molecule has 1 saturated carbocycles. The molecule has 1 saturated heterocycles. The molecule has 18 heavy (non-hydrogen) atoms. The molecule has 1 amide bonds. The molecule has 1 aliphatic heterocycles. The lowest BCUT2D eigenvalue weighted by Crippen LogP contribution is -2.36. The minimum Gasteiger partial charge on any atom is -0.444 e. The Kier molecular flexibility index (Phi) is 3.58. The fourth-order valence-corrected chi connectivity index (χ4v) is 3.27. The summed E-state index contributed by atoms with van der Waals surface area (Å²) in [6.45, 7) is 7.58. The van der Waals surface area contributed by atoms with E-state index in [1.165, 1.54) is 0 Å². The van der Waals surface area contributed by atoms with E-state index in [9.17, 15) is 9.90 Å². The SMILES string of the molecule is CC(C)(C)OC(=O)N1CC[C@]2(CC[C@@H](CO)C2)C1. The monoisotopic (exact) mass is 255 g/mol. The Bertz CT molecular complexity index is 323. The van der Waals surface area contributed by atoms with Crippen LogP contribution in [0.5, 0.6) is 0 Å². The topological polar surface area (TPSA) is 49.8 Å². The van der Waals surface area contributed by atoms with E-state index in [0.29, 0.717) is 5.92 Å². The number of nitrogens with zero attached hydrogens (tertiary/aromatic N) is 1. The maximum atomic E-state index is 12.0. The first kappa shape index (κ1) is 13.7. The second-order valence-electron chi connectivity index (χ2n) is 6.94. The number of hydrogen-bond donors (Lipinski definition) is 1. The highest BCUT2D eigenvalue weighted by molar-refractivity contribution is 5.68. The van der Waals surface area contributed by atoms with Crippen LogP contribution in [-0.2, 0) is 4.74 Å². The van der Waals surface area contributed by atoms with Gasteiger partial charge in [0.1, 0.15) is 5.60 Å². The Hall–Kier alpha value is -0.770. The zero-order valence-corrected chi connectivity index (χ0v) is 11.7. The molecule has 2 atom stereocenters. The number of carbonyl (C=O) groups excluding carboxylic acids is 1. The highest BCUT2D eigenvalue weighted by Crippen LogP contribution is 2.48. The minimum atomic E-state index is -0.420. The quantitative estimate of drug-likeness (QED) is 0.782. The number of likely N-dealkylation sites (tertiary alicyclic amines) is 1. The molecule has 104 valence electrons. The van der Waals surface area contributed by atoms with Crippen LogP contribution in [-0.4, -0.2) is 41.4 Å². The van der Waals surface area contributed by atoms with E-state index >= 15 is 0 Å². The van der Waals surface area contributed by atoms with Crippen molar-refractivity contribution in [2.45, 2.75) is 52.1 Å². The smallest absolute Gasteiger partial charge is 0.410 e. The van der Waals surface area contributed by atoms with E-state index in [0.717, 1.165) is 38.8 Å². The number of amides is 1. The van der Waals surface area contributed by atoms with Gasteiger partial charge in [-0.3, -0.25) is 0 Å². The van der Waals surface area contributed by atoms with Gasteiger partial charge in [-0.05, 0) is 57.8 Å². The Labute approximate surface area is 109 Å². The van der Waals surface area contributed by atoms with Crippen LogP contribution in [0.1, 0.15) is 46.5 Å². The Morgan fingerprint density at radius 1 is 1.44 bits per heavy atom. The van der Waals surface area contributed by atoms with Crippen molar-refractivity contribution in [2.75, 3.05) is 19.7 Å². The molecule has 0 aromatic rings. The van der Waals surface area contributed by atoms with E-state index in [1.807, 2.05) is 25.7 Å². The van der Waals surface area contributed by atoms with Crippen LogP contribution in [0, 0.1) is 11.3 Å². The van der Waals surface area contributed by atoms with Gasteiger partial charge in [0.25, 0.3) is 0 Å². The molecule has 0 unspecified atom stereocenters. The molecular formula is C14H25NO3. The van der Waals surface area contributed by atoms with Crippen molar-refractivity contribution >= 4 is 6.09 Å². The molecule has 2 fully saturated rings. The van der Waals surface area contributed by atoms with Crippen molar-refractivity contribution in [3.05, 3.63) is 0 Å². The second-order valence-corrected chi connectivity index (χ2v) is 6.94. The molecule has 1 aliphatic carbocycles. The fraction of sp³-hybridized carbons (Fsp3) is 0.929. The van der Waals surface area contributed by atoms with Crippen LogP contribution in [0.25, 0.3) is 0 Å². The van der Waals surface area contributed by atoms with Crippen LogP contribution in [0.4, 0.5) is 4.79 Å². The van der Waals surface area contributed by atoms with Gasteiger partial charge in [0.15, 0.2) is 0 Å². The van der Waals surface area contributed by atoms with Crippen molar-refractivity contribution < 1.29 is 14.6 Å². The third kappa shape index (κ3) is 2.97. The van der Waals surface area contributed by atoms with Gasteiger partial charge in [-0.1, -0.05) is 0 Å². The van der Waals surface area contributed by atoms with Crippen LogP contribution in [0.2, 0.25) is 0 Å². The standard InChI is InChI=1S/C14H25NO3/c1-13(2,3)18-12(17)15-7-6-14(10-15)5-4-11(8-14)9-16/h11,16H,4-10H2,1-3H3/t11-,14+/m1/s1. The summed E-state index contributed by atoms with van der Waals surface area (Å²) in [6.07, 6.45) is 4.16. The van der Waals surface area contributed by atoms with Gasteiger partial charge >= 0.3 is 6.09 Å². The summed E-state index contributed by atoms with van der Waals surface area (Å²) in [5.41, 5.74) is -0.166. The lowest BCUT2D eigenvalue weighted by Gasteiger charge is -2.27. The Morgan fingerprint density at radius 2 is 2.17 bits per heavy atom. The second kappa shape index (κ2) is 4.72. The number of carbonyl (C=O) groups is 1. The van der Waals surface area contributed by atoms with Crippen LogP contribution in [0.3, 0.4) is 0 Å². The molecule has 4 heteroatoms. The van der Waals surface area contributed by atoms with Crippen LogP contribution >= 0.6 is 0 Å². The Balaban J connectivity index is 1.91. The van der Waals surface area contributed by atoms with Gasteiger partial charge in [-0.15, -0.1) is 0 Å². The van der Waals surface area contributed by atoms with E-state index < -0.39 is 5.60 Å². The fourth-order valence-electron chi connectivity index (χ4n) is 3.27. The molecule has 0 bridgehead atoms. The summed E-state index contributed by atoms with van der Waals surface area (Å²) >= 11 is 0. The third-order valence-electron chi connectivity index (χ3n) is 4.15. The van der Waals surface area contributed by atoms with Crippen molar-refractivity contribution in [1.29, 1.82) is 0 Å². The predicted molar refractivity (Wildman–Crippen MR) is 69.3 cm³/mol. The molecule has 1 heterocycles. The minimum absolute atomic E-state index is 0.188. The molecule has 4 nitrogen and oxygen atoms in total. The van der Waals surface area contributed by atoms with E-state index in [1.54, 1.807) is 0 Å². The van der Waals surface area contributed by atoms with E-state index in [4.69, 9.17) is 4.74 Å². The van der Waals surface area contributed by atoms with Crippen LogP contribution in [0.15, 0.2) is 0 Å². The number of rotatable bonds is 1. The van der Waals surface area contributed by atoms with Gasteiger partial charge in [-0.2, -0.15) is 0 Å². The largest absolute Gasteiger partial charge is 0.444 e. The van der Waals surface area contributed by atoms with Gasteiger partial charge in [-0.25, -0.2) is 4.79 Å². The summed E-state index contributed by atoms with van der Waals surface area (Å²) < 4.78 is 5.42. The molecule has 1 spiro atoms. The number of aliphatic hydroxyl groups is 1. The molecule has 0 radical (unpaired) electrons. The van der Waals surface area contributed by atoms with Gasteiger partial charge in [0, 0.05) is 19.7 Å². The van der Waals surface area contributed by atoms with Crippen molar-refractivity contribution in [1.82, 2.24) is 4.90 Å². The maximum Gasteiger partial charge on any atom is 0.410 e. The lowest BCUT2D eigenvalue weighted by atomic mass is 9.84. The highest BCUT2D eigenvalue weighted by Gasteiger charge is 2.45. The average Bonchev–Trinajstić information content (AvgIpc) is 2.84. The summed E-state index contributed by atoms with van der Waals surface area (Å²) in [6, 6.07) is 0. The summed E-state index contributed by atoms with van der Waals surface area (Å²) in [4.78, 5) is 13.8. The lowest BCUT2D eigenvalue weighted by molar-refractivity contribution is 0.0272. The Morgan fingerprint density at radius 3 is 2.72 bits per heavy atom. The summed E-state index contributed by atoms with van der Waals surface area (Å²) in [5, 5.41) is 9.23. The van der Waals surface area contributed by atoms with E-state index in [-0.39, 0.29) is 18.1 Å². The van der Waals surface area contributed by atoms with Gasteiger partial charge in [0.2, 0.25) is 0 Å². The van der Waals surface area contributed by atoms with Crippen LogP contribution < -0.4 is 0 Å². The maximum absolute atomic E-state index is 12.0. The number of hydrogen-bond acceptors (Lipinski definition) is 3. The zero-order chi connectivity index (χ0) is 13.4. The number of ether oxygens (including phenoxy) is 1. The first-order chi connectivity index (χ1) is 8.34.